The Hall–Kier alpha value is -5.15. The van der Waals surface area contributed by atoms with Gasteiger partial charge in [0, 0.05) is 30.8 Å². The molecule has 9 atom stereocenters. The van der Waals surface area contributed by atoms with E-state index >= 15 is 0 Å². The van der Waals surface area contributed by atoms with Gasteiger partial charge in [0.2, 0.25) is 17.5 Å². The average Bonchev–Trinajstić information content (AvgIpc) is 3.81. The van der Waals surface area contributed by atoms with Crippen LogP contribution in [0.3, 0.4) is 0 Å². The number of nitrogens with two attached hydrogens (primary N) is 1. The number of aliphatic hydroxyl groups excluding tert-OH is 2. The molecule has 2 fully saturated rings. The van der Waals surface area contributed by atoms with Crippen LogP contribution in [0, 0.1) is 11.8 Å². The Labute approximate surface area is 370 Å². The molecule has 5 aromatic rings. The number of rotatable bonds is 13. The molecule has 0 bridgehead atoms. The first kappa shape index (κ1) is 45.9. The smallest absolute Gasteiger partial charge is 0.335 e. The maximum absolute atomic E-state index is 13.8. The van der Waals surface area contributed by atoms with E-state index in [2.05, 4.69) is 27.8 Å². The summed E-state index contributed by atoms with van der Waals surface area (Å²) in [7, 11) is 4.72. The van der Waals surface area contributed by atoms with E-state index in [1.54, 1.807) is 0 Å². The van der Waals surface area contributed by atoms with Gasteiger partial charge in [-0.3, -0.25) is 14.9 Å². The Morgan fingerprint density at radius 2 is 1.86 bits per heavy atom. The van der Waals surface area contributed by atoms with Gasteiger partial charge in [-0.2, -0.15) is 0 Å². The number of hydrogen-bond acceptors (Lipinski definition) is 15. The summed E-state index contributed by atoms with van der Waals surface area (Å²) < 4.78 is 23.9. The summed E-state index contributed by atoms with van der Waals surface area (Å²) in [6.07, 6.45) is -0.186. The third-order valence-electron chi connectivity index (χ3n) is 11.6. The van der Waals surface area contributed by atoms with Crippen molar-refractivity contribution in [3.8, 4) is 22.6 Å². The van der Waals surface area contributed by atoms with Crippen molar-refractivity contribution in [2.75, 3.05) is 31.8 Å². The predicted octanol–water partition coefficient (Wildman–Crippen LogP) is 4.25. The highest BCUT2D eigenvalue weighted by Gasteiger charge is 2.63. The standard InChI is InChI=1S/C45H50N4O12S2/c1-47-18-16-26(9-5-8-25-6-3-2-4-7-25)32-22-49-43(56)45(57)40(58-24-63-62-23-33(32)28-17-19-48-21-28)37(52)39(42(54)55)61-44(45)59-30-14-15-31-34(20-30)60-38(41(46)53)35(36(31)51)27-10-12-29(50)13-11-27/h2-8,10-15,17,19-21,26,32-33,37,39-40,43-44,47-50,52,56-57H,9,16,18,22-24H2,1H3,(H2,46,53)(H,54,55)/b8-5+/t26-,32-,33+,37+,39-,40-,43+,44+,45-/m0/s1. The van der Waals surface area contributed by atoms with Crippen LogP contribution in [0.15, 0.2) is 107 Å². The van der Waals surface area contributed by atoms with Crippen molar-refractivity contribution in [3.05, 3.63) is 124 Å². The minimum atomic E-state index is -2.67. The number of aromatic hydroxyl groups is 1. The topological polar surface area (TPSA) is 259 Å². The molecule has 2 aliphatic heterocycles. The average molecular weight is 903 g/mol. The number of aromatic nitrogens is 1. The number of allylic oxidation sites excluding steroid dienone is 1. The number of aromatic amines is 1. The first-order valence-corrected chi connectivity index (χ1v) is 22.8. The molecule has 3 aromatic carbocycles. The molecule has 0 radical (unpaired) electrons. The molecule has 0 unspecified atom stereocenters. The summed E-state index contributed by atoms with van der Waals surface area (Å²) >= 11 is 0. The van der Waals surface area contributed by atoms with Crippen LogP contribution < -0.4 is 26.5 Å². The van der Waals surface area contributed by atoms with E-state index in [1.807, 2.05) is 55.8 Å². The normalized spacial score (nSPS) is 26.3. The fraction of sp³-hybridized carbons (Fsp3) is 0.356. The molecule has 10 N–H and O–H groups in total. The summed E-state index contributed by atoms with van der Waals surface area (Å²) in [6, 6.07) is 21.4. The number of hydrogen-bond donors (Lipinski definition) is 9. The first-order valence-electron chi connectivity index (χ1n) is 20.3. The molecule has 0 saturated carbocycles. The monoisotopic (exact) mass is 902 g/mol. The van der Waals surface area contributed by atoms with Gasteiger partial charge in [-0.15, -0.1) is 0 Å². The minimum Gasteiger partial charge on any atom is -0.508 e. The number of aliphatic carboxylic acids is 1. The third kappa shape index (κ3) is 10.1. The Morgan fingerprint density at radius 1 is 1.08 bits per heavy atom. The molecule has 2 aliphatic rings. The fourth-order valence-corrected chi connectivity index (χ4v) is 10.3. The predicted molar refractivity (Wildman–Crippen MR) is 239 cm³/mol. The van der Waals surface area contributed by atoms with E-state index in [0.717, 1.165) is 17.5 Å². The van der Waals surface area contributed by atoms with Crippen molar-refractivity contribution >= 4 is 50.5 Å². The maximum Gasteiger partial charge on any atom is 0.335 e. The van der Waals surface area contributed by atoms with Crippen molar-refractivity contribution in [1.29, 1.82) is 0 Å². The minimum absolute atomic E-state index is 0.00966. The Balaban J connectivity index is 1.25. The number of carbonyl (C=O) groups excluding carboxylic acids is 1. The van der Waals surface area contributed by atoms with Crippen LogP contribution in [0.2, 0.25) is 0 Å². The van der Waals surface area contributed by atoms with Crippen molar-refractivity contribution in [2.45, 2.75) is 55.2 Å². The lowest BCUT2D eigenvalue weighted by atomic mass is 9.75. The number of carboxylic acid groups (broad SMARTS) is 1. The maximum atomic E-state index is 13.8. The zero-order valence-corrected chi connectivity index (χ0v) is 35.8. The molecule has 334 valence electrons. The summed E-state index contributed by atoms with van der Waals surface area (Å²) in [5.41, 5.74) is 4.45. The van der Waals surface area contributed by atoms with Crippen LogP contribution >= 0.6 is 21.6 Å². The molecule has 18 heteroatoms. The van der Waals surface area contributed by atoms with Crippen LogP contribution in [0.4, 0.5) is 0 Å². The van der Waals surface area contributed by atoms with Gasteiger partial charge in [0.1, 0.15) is 41.5 Å². The molecule has 63 heavy (non-hydrogen) atoms. The molecule has 7 rings (SSSR count). The molecule has 0 aliphatic carbocycles. The Morgan fingerprint density at radius 3 is 2.56 bits per heavy atom. The molecule has 2 aromatic heterocycles. The lowest BCUT2D eigenvalue weighted by Crippen LogP contribution is -2.75. The van der Waals surface area contributed by atoms with Gasteiger partial charge in [0.15, 0.2) is 11.7 Å². The summed E-state index contributed by atoms with van der Waals surface area (Å²) in [5.74, 6) is -2.94. The van der Waals surface area contributed by atoms with Crippen LogP contribution in [0.25, 0.3) is 28.2 Å². The molecule has 0 spiro atoms. The van der Waals surface area contributed by atoms with Crippen molar-refractivity contribution in [1.82, 2.24) is 15.6 Å². The number of fused-ring (bicyclic) bond motifs is 2. The second-order valence-electron chi connectivity index (χ2n) is 15.5. The quantitative estimate of drug-likeness (QED) is 0.0749. The van der Waals surface area contributed by atoms with E-state index in [4.69, 9.17) is 24.4 Å². The van der Waals surface area contributed by atoms with Gasteiger partial charge in [-0.05, 0) is 91.2 Å². The number of carbonyl (C=O) groups is 2. The number of benzene rings is 3. The van der Waals surface area contributed by atoms with Gasteiger partial charge in [-0.25, -0.2) is 4.79 Å². The third-order valence-corrected chi connectivity index (χ3v) is 13.6. The summed E-state index contributed by atoms with van der Waals surface area (Å²) in [4.78, 5) is 42.1. The zero-order valence-electron chi connectivity index (χ0n) is 34.2. The van der Waals surface area contributed by atoms with E-state index in [1.165, 1.54) is 64.1 Å². The largest absolute Gasteiger partial charge is 0.508 e. The highest BCUT2D eigenvalue weighted by atomic mass is 33.1. The van der Waals surface area contributed by atoms with Crippen LogP contribution in [0.1, 0.15) is 40.4 Å². The number of amides is 1. The van der Waals surface area contributed by atoms with Gasteiger partial charge in [0.05, 0.1) is 10.9 Å². The number of carboxylic acids is 1. The molecule has 4 heterocycles. The van der Waals surface area contributed by atoms with Crippen LogP contribution in [-0.4, -0.2) is 111 Å². The Kier molecular flexibility index (Phi) is 15.0. The van der Waals surface area contributed by atoms with Crippen molar-refractivity contribution < 1.29 is 53.7 Å². The molecule has 1 amide bonds. The van der Waals surface area contributed by atoms with Gasteiger partial charge >= 0.3 is 5.97 Å². The number of H-pyrrole nitrogens is 1. The van der Waals surface area contributed by atoms with Gasteiger partial charge < -0.3 is 60.2 Å². The fourth-order valence-electron chi connectivity index (χ4n) is 8.29. The molecular weight excluding hydrogens is 853 g/mol. The van der Waals surface area contributed by atoms with E-state index in [0.29, 0.717) is 18.7 Å². The second kappa shape index (κ2) is 20.6. The van der Waals surface area contributed by atoms with Crippen LogP contribution in [0.5, 0.6) is 11.5 Å². The molecular formula is C45H50N4O12S2. The van der Waals surface area contributed by atoms with Gasteiger partial charge in [0.25, 0.3) is 5.91 Å². The summed E-state index contributed by atoms with van der Waals surface area (Å²) in [5, 5.41) is 62.8. The lowest BCUT2D eigenvalue weighted by Gasteiger charge is -2.50. The van der Waals surface area contributed by atoms with Crippen molar-refractivity contribution in [2.24, 2.45) is 17.6 Å². The zero-order chi connectivity index (χ0) is 44.7. The Bertz CT molecular complexity index is 2420. The van der Waals surface area contributed by atoms with E-state index < -0.39 is 59.5 Å². The SMILES string of the molecule is CNCC[C@H](C/C=C/c1ccccc1)[C@@H]1CN[C@H](O)[C@]2(O)[C@H](Oc3ccc4c(=O)c(-c5ccc(O)cc5)c(C(N)=O)oc4c3)O[C@H](C(=O)O)[C@@H](O)[C@@H]2OCSSC[C@@H]1c1cc[nH]c1. The number of nitrogens with one attached hydrogen (secondary N) is 3. The molecule has 2 saturated heterocycles. The van der Waals surface area contributed by atoms with E-state index in [-0.39, 0.29) is 63.8 Å². The number of phenolic OH excluding ortho intramolecular Hbond substituents is 1. The molecule has 16 nitrogen and oxygen atoms in total. The number of ether oxygens (including phenoxy) is 3. The highest BCUT2D eigenvalue weighted by Crippen LogP contribution is 2.42. The second-order valence-corrected chi connectivity index (χ2v) is 17.9. The van der Waals surface area contributed by atoms with Crippen molar-refractivity contribution in [3.63, 3.8) is 0 Å². The number of phenols is 1. The van der Waals surface area contributed by atoms with Crippen LogP contribution in [-0.2, 0) is 14.3 Å². The number of aliphatic hydroxyl groups is 3. The van der Waals surface area contributed by atoms with Gasteiger partial charge in [-0.1, -0.05) is 76.2 Å². The van der Waals surface area contributed by atoms with E-state index in [9.17, 15) is 39.9 Å². The lowest BCUT2D eigenvalue weighted by molar-refractivity contribution is -0.342. The first-order chi connectivity index (χ1) is 30.4. The summed E-state index contributed by atoms with van der Waals surface area (Å²) in [6.45, 7) is 0.859. The number of primary amides is 1. The highest BCUT2D eigenvalue weighted by molar-refractivity contribution is 8.76.